The van der Waals surface area contributed by atoms with Gasteiger partial charge >= 0.3 is 0 Å². The fourth-order valence-corrected chi connectivity index (χ4v) is 2.50. The number of nitrogens with zero attached hydrogens (tertiary/aromatic N) is 1. The highest BCUT2D eigenvalue weighted by atomic mass is 16.5. The molecule has 2 aliphatic heterocycles. The lowest BCUT2D eigenvalue weighted by Gasteiger charge is -2.27. The van der Waals surface area contributed by atoms with Gasteiger partial charge in [-0.05, 0) is 23.3 Å². The van der Waals surface area contributed by atoms with E-state index in [2.05, 4.69) is 16.3 Å². The van der Waals surface area contributed by atoms with Gasteiger partial charge in [-0.15, -0.1) is 0 Å². The second-order valence-electron chi connectivity index (χ2n) is 4.77. The second-order valence-corrected chi connectivity index (χ2v) is 4.77. The van der Waals surface area contributed by atoms with E-state index < -0.39 is 0 Å². The quantitative estimate of drug-likeness (QED) is 0.795. The fraction of sp³-hybridized carbons (Fsp3) is 0.538. The molecular weight excluding hydrogens is 216 g/mol. The lowest BCUT2D eigenvalue weighted by molar-refractivity contribution is 0.134. The lowest BCUT2D eigenvalue weighted by Crippen LogP contribution is -2.42. The summed E-state index contributed by atoms with van der Waals surface area (Å²) in [6, 6.07) is 3.96. The maximum atomic E-state index is 10.0. The van der Waals surface area contributed by atoms with Crippen LogP contribution in [0, 0.1) is 0 Å². The van der Waals surface area contributed by atoms with Crippen molar-refractivity contribution < 1.29 is 9.84 Å². The molecule has 2 heterocycles. The van der Waals surface area contributed by atoms with Crippen molar-refractivity contribution in [3.8, 4) is 5.75 Å². The van der Waals surface area contributed by atoms with Crippen LogP contribution in [-0.2, 0) is 24.5 Å². The molecule has 2 N–H and O–H groups in total. The molecule has 0 bridgehead atoms. The third-order valence-electron chi connectivity index (χ3n) is 3.52. The van der Waals surface area contributed by atoms with Crippen molar-refractivity contribution in [3.05, 3.63) is 28.8 Å². The van der Waals surface area contributed by atoms with Gasteiger partial charge in [0, 0.05) is 38.3 Å². The van der Waals surface area contributed by atoms with Crippen LogP contribution in [0.1, 0.15) is 16.7 Å². The highest BCUT2D eigenvalue weighted by molar-refractivity contribution is 5.42. The molecule has 0 atom stereocenters. The first-order chi connectivity index (χ1) is 8.33. The Balaban J connectivity index is 1.78. The summed E-state index contributed by atoms with van der Waals surface area (Å²) in [6.07, 6.45) is 0. The van der Waals surface area contributed by atoms with Crippen LogP contribution < -0.4 is 5.32 Å². The zero-order chi connectivity index (χ0) is 11.7. The van der Waals surface area contributed by atoms with Gasteiger partial charge in [0.2, 0.25) is 0 Å². The summed E-state index contributed by atoms with van der Waals surface area (Å²) in [7, 11) is 0. The normalized spacial score (nSPS) is 20.5. The van der Waals surface area contributed by atoms with Gasteiger partial charge in [0.1, 0.15) is 5.75 Å². The molecule has 3 rings (SSSR count). The number of piperazine rings is 1. The molecule has 1 aromatic rings. The minimum absolute atomic E-state index is 0.410. The summed E-state index contributed by atoms with van der Waals surface area (Å²) < 4.78 is 5.38. The van der Waals surface area contributed by atoms with Crippen molar-refractivity contribution in [2.45, 2.75) is 19.8 Å². The Kier molecular flexibility index (Phi) is 3.01. The average Bonchev–Trinajstić information content (AvgIpc) is 2.78. The van der Waals surface area contributed by atoms with Crippen LogP contribution in [0.2, 0.25) is 0 Å². The first kappa shape index (κ1) is 11.0. The first-order valence-corrected chi connectivity index (χ1v) is 6.17. The number of phenolic OH excluding ortho intramolecular Hbond substituents is 1. The Bertz CT molecular complexity index is 414. The Hall–Kier alpha value is -1.10. The summed E-state index contributed by atoms with van der Waals surface area (Å²) in [5.41, 5.74) is 3.38. The number of rotatable bonds is 2. The highest BCUT2D eigenvalue weighted by Gasteiger charge is 2.17. The summed E-state index contributed by atoms with van der Waals surface area (Å²) in [4.78, 5) is 2.37. The number of benzene rings is 1. The van der Waals surface area contributed by atoms with Crippen LogP contribution in [0.15, 0.2) is 12.1 Å². The van der Waals surface area contributed by atoms with Crippen molar-refractivity contribution in [2.24, 2.45) is 0 Å². The fourth-order valence-electron chi connectivity index (χ4n) is 2.50. The molecule has 1 fully saturated rings. The van der Waals surface area contributed by atoms with E-state index in [0.29, 0.717) is 19.0 Å². The Morgan fingerprint density at radius 1 is 1.18 bits per heavy atom. The molecule has 0 saturated carbocycles. The summed E-state index contributed by atoms with van der Waals surface area (Å²) in [5, 5.41) is 13.3. The summed E-state index contributed by atoms with van der Waals surface area (Å²) in [5.74, 6) is 0.410. The molecule has 1 saturated heterocycles. The molecule has 0 spiro atoms. The van der Waals surface area contributed by atoms with E-state index in [9.17, 15) is 5.11 Å². The van der Waals surface area contributed by atoms with Crippen LogP contribution in [0.4, 0.5) is 0 Å². The minimum atomic E-state index is 0.410. The van der Waals surface area contributed by atoms with Crippen molar-refractivity contribution in [2.75, 3.05) is 26.2 Å². The number of aromatic hydroxyl groups is 1. The van der Waals surface area contributed by atoms with Crippen LogP contribution in [-0.4, -0.2) is 36.2 Å². The van der Waals surface area contributed by atoms with Crippen molar-refractivity contribution >= 4 is 0 Å². The standard InChI is InChI=1S/C13H18N2O2/c16-13-6-12-9-17-8-11(12)5-10(13)7-15-3-1-14-2-4-15/h5-6,14,16H,1-4,7-9H2. The van der Waals surface area contributed by atoms with Crippen molar-refractivity contribution in [3.63, 3.8) is 0 Å². The smallest absolute Gasteiger partial charge is 0.120 e. The van der Waals surface area contributed by atoms with Gasteiger partial charge in [0.05, 0.1) is 13.2 Å². The molecular formula is C13H18N2O2. The zero-order valence-electron chi connectivity index (χ0n) is 9.91. The molecule has 0 unspecified atom stereocenters. The molecule has 0 aromatic heterocycles. The Labute approximate surface area is 101 Å². The van der Waals surface area contributed by atoms with Gasteiger partial charge in [-0.25, -0.2) is 0 Å². The largest absolute Gasteiger partial charge is 0.508 e. The maximum absolute atomic E-state index is 10.0. The second kappa shape index (κ2) is 4.64. The topological polar surface area (TPSA) is 44.7 Å². The third-order valence-corrected chi connectivity index (χ3v) is 3.52. The van der Waals surface area contributed by atoms with Gasteiger partial charge in [0.15, 0.2) is 0 Å². The van der Waals surface area contributed by atoms with Crippen LogP contribution in [0.25, 0.3) is 0 Å². The van der Waals surface area contributed by atoms with E-state index in [1.807, 2.05) is 6.07 Å². The number of fused-ring (bicyclic) bond motifs is 1. The van der Waals surface area contributed by atoms with E-state index in [-0.39, 0.29) is 0 Å². The lowest BCUT2D eigenvalue weighted by atomic mass is 10.0. The number of ether oxygens (including phenoxy) is 1. The molecule has 4 heteroatoms. The van der Waals surface area contributed by atoms with E-state index >= 15 is 0 Å². The zero-order valence-corrected chi connectivity index (χ0v) is 9.91. The Morgan fingerprint density at radius 3 is 2.65 bits per heavy atom. The van der Waals surface area contributed by atoms with E-state index in [1.54, 1.807) is 0 Å². The Morgan fingerprint density at radius 2 is 1.88 bits per heavy atom. The van der Waals surface area contributed by atoms with Gasteiger partial charge in [0.25, 0.3) is 0 Å². The van der Waals surface area contributed by atoms with E-state index in [4.69, 9.17) is 4.74 Å². The van der Waals surface area contributed by atoms with Crippen LogP contribution >= 0.6 is 0 Å². The molecule has 1 aromatic carbocycles. The SMILES string of the molecule is Oc1cc2c(cc1CN1CCNCC1)COC2. The first-order valence-electron chi connectivity index (χ1n) is 6.17. The van der Waals surface area contributed by atoms with Crippen molar-refractivity contribution in [1.82, 2.24) is 10.2 Å². The van der Waals surface area contributed by atoms with Gasteiger partial charge < -0.3 is 15.2 Å². The number of phenols is 1. The molecule has 92 valence electrons. The van der Waals surface area contributed by atoms with E-state index in [1.165, 1.54) is 5.56 Å². The van der Waals surface area contributed by atoms with Gasteiger partial charge in [-0.3, -0.25) is 4.90 Å². The number of hydrogen-bond donors (Lipinski definition) is 2. The predicted molar refractivity (Wildman–Crippen MR) is 64.7 cm³/mol. The molecule has 0 amide bonds. The minimum Gasteiger partial charge on any atom is -0.508 e. The van der Waals surface area contributed by atoms with Crippen LogP contribution in [0.5, 0.6) is 5.75 Å². The summed E-state index contributed by atoms with van der Waals surface area (Å²) >= 11 is 0. The monoisotopic (exact) mass is 234 g/mol. The molecule has 4 nitrogen and oxygen atoms in total. The molecule has 0 aliphatic carbocycles. The average molecular weight is 234 g/mol. The summed E-state index contributed by atoms with van der Waals surface area (Å²) in [6.45, 7) is 6.32. The number of hydrogen-bond acceptors (Lipinski definition) is 4. The van der Waals surface area contributed by atoms with Gasteiger partial charge in [-0.2, -0.15) is 0 Å². The predicted octanol–water partition coefficient (Wildman–Crippen LogP) is 0.828. The van der Waals surface area contributed by atoms with E-state index in [0.717, 1.165) is 43.9 Å². The molecule has 0 radical (unpaired) electrons. The molecule has 2 aliphatic rings. The van der Waals surface area contributed by atoms with Crippen LogP contribution in [0.3, 0.4) is 0 Å². The number of nitrogens with one attached hydrogen (secondary N) is 1. The molecule has 17 heavy (non-hydrogen) atoms. The van der Waals surface area contributed by atoms with Crippen molar-refractivity contribution in [1.29, 1.82) is 0 Å². The highest BCUT2D eigenvalue weighted by Crippen LogP contribution is 2.28. The van der Waals surface area contributed by atoms with Gasteiger partial charge in [-0.1, -0.05) is 0 Å². The maximum Gasteiger partial charge on any atom is 0.120 e. The third kappa shape index (κ3) is 2.29.